The fourth-order valence-corrected chi connectivity index (χ4v) is 2.10. The summed E-state index contributed by atoms with van der Waals surface area (Å²) in [6, 6.07) is 8.53. The summed E-state index contributed by atoms with van der Waals surface area (Å²) < 4.78 is 0. The standard InChI is InChI=1S/C12H17NO/c1-10-4-3-5-11(6-10)7-13-8-12(2,14)9-13/h3-6,14H,7-9H2,1-2H3. The molecule has 0 spiro atoms. The smallest absolute Gasteiger partial charge is 0.0872 e. The highest BCUT2D eigenvalue weighted by Crippen LogP contribution is 2.22. The normalized spacial score (nSPS) is 20.5. The lowest BCUT2D eigenvalue weighted by molar-refractivity contribution is -0.0871. The van der Waals surface area contributed by atoms with Crippen molar-refractivity contribution in [2.75, 3.05) is 13.1 Å². The molecule has 1 saturated heterocycles. The van der Waals surface area contributed by atoms with Crippen LogP contribution in [0.5, 0.6) is 0 Å². The zero-order valence-electron chi connectivity index (χ0n) is 8.83. The number of aliphatic hydroxyl groups is 1. The SMILES string of the molecule is Cc1cccc(CN2CC(C)(O)C2)c1. The van der Waals surface area contributed by atoms with Gasteiger partial charge in [-0.2, -0.15) is 0 Å². The van der Waals surface area contributed by atoms with Crippen LogP contribution in [0.4, 0.5) is 0 Å². The van der Waals surface area contributed by atoms with E-state index in [1.165, 1.54) is 11.1 Å². The molecule has 14 heavy (non-hydrogen) atoms. The molecule has 0 bridgehead atoms. The molecular weight excluding hydrogens is 174 g/mol. The number of nitrogens with zero attached hydrogens (tertiary/aromatic N) is 1. The Labute approximate surface area is 85.2 Å². The van der Waals surface area contributed by atoms with Crippen LogP contribution in [-0.2, 0) is 6.54 Å². The predicted molar refractivity (Wildman–Crippen MR) is 57.1 cm³/mol. The lowest BCUT2D eigenvalue weighted by Crippen LogP contribution is -2.59. The van der Waals surface area contributed by atoms with E-state index in [1.807, 2.05) is 6.92 Å². The first-order valence-corrected chi connectivity index (χ1v) is 5.05. The zero-order valence-corrected chi connectivity index (χ0v) is 8.83. The van der Waals surface area contributed by atoms with Gasteiger partial charge in [-0.3, -0.25) is 4.90 Å². The molecule has 76 valence electrons. The minimum Gasteiger partial charge on any atom is -0.388 e. The second kappa shape index (κ2) is 3.37. The highest BCUT2D eigenvalue weighted by Gasteiger charge is 2.35. The summed E-state index contributed by atoms with van der Waals surface area (Å²) in [6.45, 7) is 6.54. The third kappa shape index (κ3) is 2.14. The zero-order chi connectivity index (χ0) is 10.2. The molecule has 1 N–H and O–H groups in total. The molecule has 2 rings (SSSR count). The second-order valence-corrected chi connectivity index (χ2v) is 4.63. The summed E-state index contributed by atoms with van der Waals surface area (Å²) >= 11 is 0. The van der Waals surface area contributed by atoms with Crippen LogP contribution < -0.4 is 0 Å². The first-order chi connectivity index (χ1) is 6.55. The van der Waals surface area contributed by atoms with Gasteiger partial charge in [0, 0.05) is 19.6 Å². The van der Waals surface area contributed by atoms with Gasteiger partial charge in [0.25, 0.3) is 0 Å². The molecule has 2 heteroatoms. The van der Waals surface area contributed by atoms with Crippen molar-refractivity contribution in [3.05, 3.63) is 35.4 Å². The Hall–Kier alpha value is -0.860. The van der Waals surface area contributed by atoms with Crippen molar-refractivity contribution in [1.29, 1.82) is 0 Å². The Balaban J connectivity index is 1.93. The van der Waals surface area contributed by atoms with E-state index in [-0.39, 0.29) is 0 Å². The van der Waals surface area contributed by atoms with E-state index in [4.69, 9.17) is 0 Å². The van der Waals surface area contributed by atoms with Crippen molar-refractivity contribution in [2.24, 2.45) is 0 Å². The van der Waals surface area contributed by atoms with Crippen molar-refractivity contribution >= 4 is 0 Å². The molecule has 1 aromatic rings. The number of benzene rings is 1. The molecule has 1 fully saturated rings. The molecule has 2 nitrogen and oxygen atoms in total. The molecule has 0 amide bonds. The van der Waals surface area contributed by atoms with Crippen molar-refractivity contribution in [2.45, 2.75) is 26.0 Å². The van der Waals surface area contributed by atoms with Crippen molar-refractivity contribution in [3.8, 4) is 0 Å². The molecule has 0 saturated carbocycles. The van der Waals surface area contributed by atoms with Gasteiger partial charge in [-0.25, -0.2) is 0 Å². The fraction of sp³-hybridized carbons (Fsp3) is 0.500. The maximum atomic E-state index is 9.57. The van der Waals surface area contributed by atoms with Gasteiger partial charge < -0.3 is 5.11 Å². The lowest BCUT2D eigenvalue weighted by Gasteiger charge is -2.44. The Bertz CT molecular complexity index is 325. The maximum absolute atomic E-state index is 9.57. The number of rotatable bonds is 2. The van der Waals surface area contributed by atoms with Crippen molar-refractivity contribution < 1.29 is 5.11 Å². The van der Waals surface area contributed by atoms with Crippen LogP contribution in [-0.4, -0.2) is 28.7 Å². The number of hydrogen-bond acceptors (Lipinski definition) is 2. The highest BCUT2D eigenvalue weighted by molar-refractivity contribution is 5.22. The van der Waals surface area contributed by atoms with Gasteiger partial charge in [0.2, 0.25) is 0 Å². The van der Waals surface area contributed by atoms with Crippen LogP contribution in [0.1, 0.15) is 18.1 Å². The van der Waals surface area contributed by atoms with Crippen LogP contribution in [0.3, 0.4) is 0 Å². The van der Waals surface area contributed by atoms with Gasteiger partial charge in [0.05, 0.1) is 5.60 Å². The van der Waals surface area contributed by atoms with Crippen LogP contribution in [0.2, 0.25) is 0 Å². The summed E-state index contributed by atoms with van der Waals surface area (Å²) in [5, 5.41) is 9.57. The number of aryl methyl sites for hydroxylation is 1. The average Bonchev–Trinajstić information content (AvgIpc) is 2.00. The van der Waals surface area contributed by atoms with E-state index in [0.29, 0.717) is 0 Å². The predicted octanol–water partition coefficient (Wildman–Crippen LogP) is 1.56. The summed E-state index contributed by atoms with van der Waals surface area (Å²) in [7, 11) is 0. The average molecular weight is 191 g/mol. The third-order valence-electron chi connectivity index (χ3n) is 2.62. The maximum Gasteiger partial charge on any atom is 0.0872 e. The molecule has 0 atom stereocenters. The van der Waals surface area contributed by atoms with Gasteiger partial charge in [-0.15, -0.1) is 0 Å². The van der Waals surface area contributed by atoms with Crippen LogP contribution in [0.25, 0.3) is 0 Å². The number of likely N-dealkylation sites (tertiary alicyclic amines) is 1. The Kier molecular flexibility index (Phi) is 2.33. The molecule has 0 radical (unpaired) electrons. The van der Waals surface area contributed by atoms with Gasteiger partial charge in [0.1, 0.15) is 0 Å². The molecule has 0 aliphatic carbocycles. The topological polar surface area (TPSA) is 23.5 Å². The van der Waals surface area contributed by atoms with Crippen LogP contribution >= 0.6 is 0 Å². The second-order valence-electron chi connectivity index (χ2n) is 4.63. The molecule has 1 aliphatic heterocycles. The van der Waals surface area contributed by atoms with E-state index < -0.39 is 5.60 Å². The van der Waals surface area contributed by atoms with E-state index in [0.717, 1.165) is 19.6 Å². The molecule has 0 unspecified atom stereocenters. The molecule has 0 aromatic heterocycles. The minimum atomic E-state index is -0.455. The Morgan fingerprint density at radius 2 is 2.14 bits per heavy atom. The number of hydrogen-bond donors (Lipinski definition) is 1. The summed E-state index contributed by atoms with van der Waals surface area (Å²) in [6.07, 6.45) is 0. The first kappa shape index (κ1) is 9.69. The summed E-state index contributed by atoms with van der Waals surface area (Å²) in [5.74, 6) is 0. The van der Waals surface area contributed by atoms with E-state index in [1.54, 1.807) is 0 Å². The van der Waals surface area contributed by atoms with Gasteiger partial charge >= 0.3 is 0 Å². The molecule has 1 heterocycles. The quantitative estimate of drug-likeness (QED) is 0.767. The van der Waals surface area contributed by atoms with Gasteiger partial charge in [-0.1, -0.05) is 29.8 Å². The van der Waals surface area contributed by atoms with Crippen molar-refractivity contribution in [1.82, 2.24) is 4.90 Å². The highest BCUT2D eigenvalue weighted by atomic mass is 16.3. The first-order valence-electron chi connectivity index (χ1n) is 5.05. The van der Waals surface area contributed by atoms with E-state index >= 15 is 0 Å². The van der Waals surface area contributed by atoms with Crippen molar-refractivity contribution in [3.63, 3.8) is 0 Å². The van der Waals surface area contributed by atoms with Crippen LogP contribution in [0.15, 0.2) is 24.3 Å². The lowest BCUT2D eigenvalue weighted by atomic mass is 9.96. The minimum absolute atomic E-state index is 0.455. The molecule has 1 aliphatic rings. The van der Waals surface area contributed by atoms with Crippen LogP contribution in [0, 0.1) is 6.92 Å². The molecular formula is C12H17NO. The Morgan fingerprint density at radius 3 is 2.71 bits per heavy atom. The summed E-state index contributed by atoms with van der Waals surface area (Å²) in [4.78, 5) is 2.26. The van der Waals surface area contributed by atoms with E-state index in [9.17, 15) is 5.11 Å². The third-order valence-corrected chi connectivity index (χ3v) is 2.62. The van der Waals surface area contributed by atoms with Gasteiger partial charge in [-0.05, 0) is 19.4 Å². The largest absolute Gasteiger partial charge is 0.388 e. The van der Waals surface area contributed by atoms with Gasteiger partial charge in [0.15, 0.2) is 0 Å². The number of β-amino-alcohol motifs (C(OH)–C–C–N with tert-alkyl or cyclic N) is 1. The van der Waals surface area contributed by atoms with E-state index in [2.05, 4.69) is 36.1 Å². The summed E-state index contributed by atoms with van der Waals surface area (Å²) in [5.41, 5.74) is 2.18. The Morgan fingerprint density at radius 1 is 1.43 bits per heavy atom. The fourth-order valence-electron chi connectivity index (χ4n) is 2.10. The molecule has 1 aromatic carbocycles. The monoisotopic (exact) mass is 191 g/mol.